The fraction of sp³-hybridized carbons (Fsp3) is 0.286. The number of aryl methyl sites for hydroxylation is 1. The third kappa shape index (κ3) is 3.99. The molecular formula is C14H16Cl2N4. The summed E-state index contributed by atoms with van der Waals surface area (Å²) < 4.78 is 0. The molecule has 20 heavy (non-hydrogen) atoms. The Morgan fingerprint density at radius 2 is 1.85 bits per heavy atom. The molecule has 0 radical (unpaired) electrons. The fourth-order valence-corrected chi connectivity index (χ4v) is 2.34. The Bertz CT molecular complexity index is 602. The molecule has 2 aromatic rings. The second kappa shape index (κ2) is 6.77. The van der Waals surface area contributed by atoms with Gasteiger partial charge >= 0.3 is 0 Å². The van der Waals surface area contributed by atoms with E-state index in [2.05, 4.69) is 20.6 Å². The molecule has 0 amide bonds. The SMILES string of the molecule is CNc1cc(NCCc2ccc(Cl)cc2Cl)nc(C)n1. The van der Waals surface area contributed by atoms with E-state index in [1.165, 1.54) is 0 Å². The zero-order valence-corrected chi connectivity index (χ0v) is 12.9. The molecule has 6 heteroatoms. The van der Waals surface area contributed by atoms with Gasteiger partial charge in [0.2, 0.25) is 0 Å². The minimum atomic E-state index is 0.650. The minimum Gasteiger partial charge on any atom is -0.373 e. The molecule has 0 aliphatic rings. The van der Waals surface area contributed by atoms with Crippen LogP contribution in [0.25, 0.3) is 0 Å². The van der Waals surface area contributed by atoms with Gasteiger partial charge in [0.25, 0.3) is 0 Å². The van der Waals surface area contributed by atoms with Crippen LogP contribution in [-0.2, 0) is 6.42 Å². The lowest BCUT2D eigenvalue weighted by Crippen LogP contribution is -2.08. The van der Waals surface area contributed by atoms with Crippen LogP contribution in [0.15, 0.2) is 24.3 Å². The molecule has 0 aliphatic carbocycles. The van der Waals surface area contributed by atoms with E-state index in [9.17, 15) is 0 Å². The quantitative estimate of drug-likeness (QED) is 0.882. The molecule has 0 fully saturated rings. The van der Waals surface area contributed by atoms with Crippen molar-refractivity contribution in [2.24, 2.45) is 0 Å². The number of aromatic nitrogens is 2. The Morgan fingerprint density at radius 3 is 2.55 bits per heavy atom. The first-order valence-electron chi connectivity index (χ1n) is 6.29. The number of hydrogen-bond donors (Lipinski definition) is 2. The average Bonchev–Trinajstić information content (AvgIpc) is 2.40. The van der Waals surface area contributed by atoms with Crippen molar-refractivity contribution in [2.75, 3.05) is 24.2 Å². The number of nitrogens with one attached hydrogen (secondary N) is 2. The van der Waals surface area contributed by atoms with Crippen molar-refractivity contribution in [3.63, 3.8) is 0 Å². The summed E-state index contributed by atoms with van der Waals surface area (Å²) in [6, 6.07) is 7.41. The standard InChI is InChI=1S/C14H16Cl2N4/c1-9-19-13(17-2)8-14(20-9)18-6-5-10-3-4-11(15)7-12(10)16/h3-4,7-8H,5-6H2,1-2H3,(H2,17,18,19,20). The van der Waals surface area contributed by atoms with Crippen LogP contribution in [0.2, 0.25) is 10.0 Å². The first kappa shape index (κ1) is 14.9. The first-order valence-corrected chi connectivity index (χ1v) is 7.05. The molecular weight excluding hydrogens is 295 g/mol. The molecule has 2 N–H and O–H groups in total. The summed E-state index contributed by atoms with van der Waals surface area (Å²) in [7, 11) is 1.83. The predicted molar refractivity (Wildman–Crippen MR) is 85.0 cm³/mol. The van der Waals surface area contributed by atoms with E-state index in [0.29, 0.717) is 10.0 Å². The summed E-state index contributed by atoms with van der Waals surface area (Å²) in [6.07, 6.45) is 0.800. The van der Waals surface area contributed by atoms with Crippen molar-refractivity contribution >= 4 is 34.8 Å². The largest absolute Gasteiger partial charge is 0.373 e. The van der Waals surface area contributed by atoms with Crippen molar-refractivity contribution in [3.8, 4) is 0 Å². The minimum absolute atomic E-state index is 0.650. The topological polar surface area (TPSA) is 49.8 Å². The smallest absolute Gasteiger partial charge is 0.131 e. The zero-order chi connectivity index (χ0) is 14.5. The average molecular weight is 311 g/mol. The van der Waals surface area contributed by atoms with Gasteiger partial charge in [-0.1, -0.05) is 29.3 Å². The van der Waals surface area contributed by atoms with Gasteiger partial charge in [-0.15, -0.1) is 0 Å². The highest BCUT2D eigenvalue weighted by molar-refractivity contribution is 6.35. The maximum Gasteiger partial charge on any atom is 0.131 e. The Morgan fingerprint density at radius 1 is 1.10 bits per heavy atom. The van der Waals surface area contributed by atoms with E-state index < -0.39 is 0 Å². The van der Waals surface area contributed by atoms with Crippen LogP contribution in [0.1, 0.15) is 11.4 Å². The normalized spacial score (nSPS) is 10.4. The molecule has 0 unspecified atom stereocenters. The molecule has 1 heterocycles. The van der Waals surface area contributed by atoms with Crippen LogP contribution < -0.4 is 10.6 Å². The van der Waals surface area contributed by atoms with E-state index in [4.69, 9.17) is 23.2 Å². The third-order valence-corrected chi connectivity index (χ3v) is 3.40. The number of benzene rings is 1. The Kier molecular flexibility index (Phi) is 5.04. The summed E-state index contributed by atoms with van der Waals surface area (Å²) in [5, 5.41) is 7.61. The van der Waals surface area contributed by atoms with Crippen LogP contribution >= 0.6 is 23.2 Å². The summed E-state index contributed by atoms with van der Waals surface area (Å²) in [6.45, 7) is 2.60. The van der Waals surface area contributed by atoms with Crippen LogP contribution in [0, 0.1) is 6.92 Å². The van der Waals surface area contributed by atoms with Crippen LogP contribution in [0.3, 0.4) is 0 Å². The highest BCUT2D eigenvalue weighted by Gasteiger charge is 2.03. The lowest BCUT2D eigenvalue weighted by Gasteiger charge is -2.09. The number of hydrogen-bond acceptors (Lipinski definition) is 4. The van der Waals surface area contributed by atoms with Gasteiger partial charge in [-0.25, -0.2) is 9.97 Å². The summed E-state index contributed by atoms with van der Waals surface area (Å²) >= 11 is 12.0. The number of halogens is 2. The Balaban J connectivity index is 1.97. The van der Waals surface area contributed by atoms with Crippen molar-refractivity contribution in [1.82, 2.24) is 9.97 Å². The van der Waals surface area contributed by atoms with Crippen molar-refractivity contribution in [1.29, 1.82) is 0 Å². The molecule has 4 nitrogen and oxygen atoms in total. The lowest BCUT2D eigenvalue weighted by molar-refractivity contribution is 0.982. The molecule has 0 saturated carbocycles. The first-order chi connectivity index (χ1) is 9.58. The van der Waals surface area contributed by atoms with Gasteiger partial charge in [0.15, 0.2) is 0 Å². The van der Waals surface area contributed by atoms with Gasteiger partial charge in [-0.2, -0.15) is 0 Å². The summed E-state index contributed by atoms with van der Waals surface area (Å²) in [5.74, 6) is 2.32. The Labute approximate surface area is 128 Å². The molecule has 0 spiro atoms. The summed E-state index contributed by atoms with van der Waals surface area (Å²) in [5.41, 5.74) is 1.06. The molecule has 0 atom stereocenters. The van der Waals surface area contributed by atoms with Gasteiger partial charge in [-0.05, 0) is 31.0 Å². The van der Waals surface area contributed by atoms with E-state index in [1.807, 2.05) is 32.2 Å². The maximum absolute atomic E-state index is 6.14. The van der Waals surface area contributed by atoms with Gasteiger partial charge < -0.3 is 10.6 Å². The van der Waals surface area contributed by atoms with Crippen molar-refractivity contribution in [2.45, 2.75) is 13.3 Å². The molecule has 1 aromatic heterocycles. The van der Waals surface area contributed by atoms with Gasteiger partial charge in [0, 0.05) is 29.7 Å². The lowest BCUT2D eigenvalue weighted by atomic mass is 10.1. The van der Waals surface area contributed by atoms with E-state index in [0.717, 1.165) is 36.0 Å². The van der Waals surface area contributed by atoms with Gasteiger partial charge in [-0.3, -0.25) is 0 Å². The number of anilines is 2. The van der Waals surface area contributed by atoms with Gasteiger partial charge in [0.1, 0.15) is 17.5 Å². The molecule has 0 saturated heterocycles. The monoisotopic (exact) mass is 310 g/mol. The maximum atomic E-state index is 6.14. The Hall–Kier alpha value is -1.52. The van der Waals surface area contributed by atoms with Crippen molar-refractivity contribution in [3.05, 3.63) is 45.7 Å². The molecule has 0 aliphatic heterocycles. The van der Waals surface area contributed by atoms with E-state index in [1.54, 1.807) is 6.07 Å². The molecule has 2 rings (SSSR count). The second-order valence-electron chi connectivity index (χ2n) is 4.35. The molecule has 0 bridgehead atoms. The van der Waals surface area contributed by atoms with Gasteiger partial charge in [0.05, 0.1) is 0 Å². The second-order valence-corrected chi connectivity index (χ2v) is 5.19. The highest BCUT2D eigenvalue weighted by atomic mass is 35.5. The van der Waals surface area contributed by atoms with Crippen LogP contribution in [-0.4, -0.2) is 23.6 Å². The highest BCUT2D eigenvalue weighted by Crippen LogP contribution is 2.21. The molecule has 1 aromatic carbocycles. The predicted octanol–water partition coefficient (Wildman–Crippen LogP) is 3.79. The van der Waals surface area contributed by atoms with E-state index >= 15 is 0 Å². The zero-order valence-electron chi connectivity index (χ0n) is 11.4. The van der Waals surface area contributed by atoms with Crippen molar-refractivity contribution < 1.29 is 0 Å². The number of rotatable bonds is 5. The van der Waals surface area contributed by atoms with E-state index in [-0.39, 0.29) is 0 Å². The van der Waals surface area contributed by atoms with Crippen LogP contribution in [0.5, 0.6) is 0 Å². The molecule has 106 valence electrons. The fourth-order valence-electron chi connectivity index (χ4n) is 1.84. The third-order valence-electron chi connectivity index (χ3n) is 2.81. The number of nitrogens with zero attached hydrogens (tertiary/aromatic N) is 2. The summed E-state index contributed by atoms with van der Waals surface area (Å²) in [4.78, 5) is 8.58. The van der Waals surface area contributed by atoms with Crippen LogP contribution in [0.4, 0.5) is 11.6 Å².